The molecule has 0 radical (unpaired) electrons. The number of hydrazone groups is 1. The molecular formula is C21H24BrN3O7. The van der Waals surface area contributed by atoms with E-state index in [-0.39, 0.29) is 12.1 Å². The summed E-state index contributed by atoms with van der Waals surface area (Å²) in [6.45, 7) is -0.289. The Bertz CT molecular complexity index is 986. The molecule has 0 fully saturated rings. The molecule has 172 valence electrons. The van der Waals surface area contributed by atoms with Crippen LogP contribution in [0.2, 0.25) is 0 Å². The van der Waals surface area contributed by atoms with Crippen LogP contribution in [0.3, 0.4) is 0 Å². The normalized spacial score (nSPS) is 10.4. The maximum absolute atomic E-state index is 12.4. The third kappa shape index (κ3) is 6.03. The fraction of sp³-hybridized carbons (Fsp3) is 0.286. The highest BCUT2D eigenvalue weighted by molar-refractivity contribution is 9.10. The average Bonchev–Trinajstić information content (AvgIpc) is 2.80. The molecule has 0 aliphatic rings. The standard InChI is InChI=1S/C21H24BrN3O7/c1-28-15-7-12(6-14(22)19(15)31-4)10-24-25-18(26)11-23-21(27)13-8-16(29-2)20(32-5)17(9-13)30-3/h6-10H,11H2,1-5H3,(H,23,27)(H,25,26). The van der Waals surface area contributed by atoms with Gasteiger partial charge in [-0.25, -0.2) is 5.43 Å². The van der Waals surface area contributed by atoms with Crippen molar-refractivity contribution in [2.75, 3.05) is 42.1 Å². The van der Waals surface area contributed by atoms with Crippen molar-refractivity contribution in [2.45, 2.75) is 0 Å². The van der Waals surface area contributed by atoms with Crippen molar-refractivity contribution < 1.29 is 33.3 Å². The predicted octanol–water partition coefficient (Wildman–Crippen LogP) is 2.37. The first-order chi connectivity index (χ1) is 15.4. The van der Waals surface area contributed by atoms with Crippen LogP contribution in [0.1, 0.15) is 15.9 Å². The second kappa shape index (κ2) is 11.8. The Balaban J connectivity index is 1.99. The molecule has 2 amide bonds. The van der Waals surface area contributed by atoms with Crippen molar-refractivity contribution in [3.8, 4) is 28.7 Å². The lowest BCUT2D eigenvalue weighted by molar-refractivity contribution is -0.120. The van der Waals surface area contributed by atoms with Crippen molar-refractivity contribution in [3.63, 3.8) is 0 Å². The lowest BCUT2D eigenvalue weighted by Crippen LogP contribution is -2.34. The van der Waals surface area contributed by atoms with Gasteiger partial charge in [-0.15, -0.1) is 0 Å². The summed E-state index contributed by atoms with van der Waals surface area (Å²) in [4.78, 5) is 24.5. The van der Waals surface area contributed by atoms with Crippen LogP contribution in [0.4, 0.5) is 0 Å². The molecule has 10 nitrogen and oxygen atoms in total. The second-order valence-electron chi connectivity index (χ2n) is 6.13. The van der Waals surface area contributed by atoms with Gasteiger partial charge in [0, 0.05) is 5.56 Å². The summed E-state index contributed by atoms with van der Waals surface area (Å²) in [5, 5.41) is 6.40. The summed E-state index contributed by atoms with van der Waals surface area (Å²) in [5.74, 6) is 1.06. The molecule has 0 aliphatic carbocycles. The molecule has 0 aromatic heterocycles. The number of amides is 2. The van der Waals surface area contributed by atoms with E-state index >= 15 is 0 Å². The largest absolute Gasteiger partial charge is 0.493 e. The molecule has 11 heteroatoms. The lowest BCUT2D eigenvalue weighted by atomic mass is 10.1. The smallest absolute Gasteiger partial charge is 0.259 e. The van der Waals surface area contributed by atoms with Gasteiger partial charge in [-0.1, -0.05) is 0 Å². The van der Waals surface area contributed by atoms with E-state index in [0.29, 0.717) is 38.8 Å². The Morgan fingerprint density at radius 2 is 1.44 bits per heavy atom. The van der Waals surface area contributed by atoms with Gasteiger partial charge in [0.15, 0.2) is 23.0 Å². The van der Waals surface area contributed by atoms with Crippen molar-refractivity contribution in [3.05, 3.63) is 39.9 Å². The van der Waals surface area contributed by atoms with Crippen LogP contribution in [0, 0.1) is 0 Å². The van der Waals surface area contributed by atoms with Gasteiger partial charge in [-0.3, -0.25) is 9.59 Å². The van der Waals surface area contributed by atoms with Crippen LogP contribution in [0.5, 0.6) is 28.7 Å². The molecule has 2 N–H and O–H groups in total. The van der Waals surface area contributed by atoms with Crippen LogP contribution in [0.15, 0.2) is 33.8 Å². The summed E-state index contributed by atoms with van der Waals surface area (Å²) in [5.41, 5.74) is 3.25. The molecule has 2 aromatic rings. The Morgan fingerprint density at radius 3 is 1.97 bits per heavy atom. The Hall–Kier alpha value is -3.47. The zero-order chi connectivity index (χ0) is 23.7. The van der Waals surface area contributed by atoms with Crippen molar-refractivity contribution >= 4 is 34.0 Å². The van der Waals surface area contributed by atoms with E-state index in [9.17, 15) is 9.59 Å². The number of hydrogen-bond acceptors (Lipinski definition) is 8. The number of benzene rings is 2. The second-order valence-corrected chi connectivity index (χ2v) is 6.98. The third-order valence-corrected chi connectivity index (χ3v) is 4.78. The van der Waals surface area contributed by atoms with Gasteiger partial charge in [0.05, 0.1) is 52.8 Å². The first kappa shape index (κ1) is 24.8. The number of rotatable bonds is 10. The minimum Gasteiger partial charge on any atom is -0.493 e. The number of nitrogens with one attached hydrogen (secondary N) is 2. The Labute approximate surface area is 193 Å². The third-order valence-electron chi connectivity index (χ3n) is 4.20. The SMILES string of the molecule is COc1cc(C=NNC(=O)CNC(=O)c2cc(OC)c(OC)c(OC)c2)cc(Br)c1OC. The van der Waals surface area contributed by atoms with E-state index in [1.165, 1.54) is 53.9 Å². The molecule has 0 saturated heterocycles. The molecule has 0 atom stereocenters. The van der Waals surface area contributed by atoms with Crippen molar-refractivity contribution in [1.29, 1.82) is 0 Å². The summed E-state index contributed by atoms with van der Waals surface area (Å²) in [7, 11) is 7.40. The highest BCUT2D eigenvalue weighted by Gasteiger charge is 2.17. The minimum atomic E-state index is -0.512. The lowest BCUT2D eigenvalue weighted by Gasteiger charge is -2.14. The van der Waals surface area contributed by atoms with E-state index in [1.807, 2.05) is 0 Å². The highest BCUT2D eigenvalue weighted by atomic mass is 79.9. The van der Waals surface area contributed by atoms with E-state index in [0.717, 1.165) is 0 Å². The topological polar surface area (TPSA) is 117 Å². The number of hydrogen-bond donors (Lipinski definition) is 2. The van der Waals surface area contributed by atoms with Crippen LogP contribution < -0.4 is 34.4 Å². The van der Waals surface area contributed by atoms with Gasteiger partial charge < -0.3 is 29.0 Å². The van der Waals surface area contributed by atoms with Gasteiger partial charge in [-0.2, -0.15) is 5.10 Å². The van der Waals surface area contributed by atoms with Gasteiger partial charge in [-0.05, 0) is 45.8 Å². The first-order valence-corrected chi connectivity index (χ1v) is 9.99. The Morgan fingerprint density at radius 1 is 0.875 bits per heavy atom. The molecule has 0 saturated carbocycles. The maximum atomic E-state index is 12.4. The van der Waals surface area contributed by atoms with E-state index in [1.54, 1.807) is 12.1 Å². The number of carbonyl (C=O) groups excluding carboxylic acids is 2. The predicted molar refractivity (Wildman–Crippen MR) is 121 cm³/mol. The van der Waals surface area contributed by atoms with Gasteiger partial charge in [0.1, 0.15) is 0 Å². The molecule has 0 spiro atoms. The van der Waals surface area contributed by atoms with Gasteiger partial charge in [0.2, 0.25) is 5.75 Å². The summed E-state index contributed by atoms with van der Waals surface area (Å²) in [6, 6.07) is 6.43. The molecular weight excluding hydrogens is 486 g/mol. The number of carbonyl (C=O) groups is 2. The Kier molecular flexibility index (Phi) is 9.14. The average molecular weight is 510 g/mol. The highest BCUT2D eigenvalue weighted by Crippen LogP contribution is 2.38. The number of ether oxygens (including phenoxy) is 5. The number of methoxy groups -OCH3 is 5. The molecule has 2 aromatic carbocycles. The summed E-state index contributed by atoms with van der Waals surface area (Å²) >= 11 is 3.39. The molecule has 0 heterocycles. The molecule has 32 heavy (non-hydrogen) atoms. The van der Waals surface area contributed by atoms with Crippen LogP contribution in [-0.2, 0) is 4.79 Å². The fourth-order valence-corrected chi connectivity index (χ4v) is 3.33. The van der Waals surface area contributed by atoms with Gasteiger partial charge >= 0.3 is 0 Å². The monoisotopic (exact) mass is 509 g/mol. The molecule has 2 rings (SSSR count). The zero-order valence-corrected chi connectivity index (χ0v) is 19.9. The minimum absolute atomic E-state index is 0.242. The van der Waals surface area contributed by atoms with E-state index < -0.39 is 11.8 Å². The molecule has 0 aliphatic heterocycles. The fourth-order valence-electron chi connectivity index (χ4n) is 2.71. The van der Waals surface area contributed by atoms with Crippen LogP contribution in [-0.4, -0.2) is 60.1 Å². The molecule has 0 bridgehead atoms. The van der Waals surface area contributed by atoms with Crippen molar-refractivity contribution in [1.82, 2.24) is 10.7 Å². The molecule has 0 unspecified atom stereocenters. The summed E-state index contributed by atoms with van der Waals surface area (Å²) < 4.78 is 26.9. The quantitative estimate of drug-likeness (QED) is 0.373. The number of nitrogens with zero attached hydrogens (tertiary/aromatic N) is 1. The van der Waals surface area contributed by atoms with Crippen LogP contribution in [0.25, 0.3) is 0 Å². The number of halogens is 1. The van der Waals surface area contributed by atoms with E-state index in [2.05, 4.69) is 31.8 Å². The maximum Gasteiger partial charge on any atom is 0.259 e. The summed E-state index contributed by atoms with van der Waals surface area (Å²) in [6.07, 6.45) is 1.44. The van der Waals surface area contributed by atoms with Crippen molar-refractivity contribution in [2.24, 2.45) is 5.10 Å². The van der Waals surface area contributed by atoms with Crippen LogP contribution >= 0.6 is 15.9 Å². The zero-order valence-electron chi connectivity index (χ0n) is 18.3. The van der Waals surface area contributed by atoms with E-state index in [4.69, 9.17) is 23.7 Å². The first-order valence-electron chi connectivity index (χ1n) is 9.20. The van der Waals surface area contributed by atoms with Gasteiger partial charge in [0.25, 0.3) is 11.8 Å².